The molecule has 5 heteroatoms. The van der Waals surface area contributed by atoms with Gasteiger partial charge in [0.1, 0.15) is 5.52 Å². The van der Waals surface area contributed by atoms with E-state index in [0.717, 1.165) is 22.2 Å². The van der Waals surface area contributed by atoms with Crippen LogP contribution in [-0.2, 0) is 0 Å². The zero-order chi connectivity index (χ0) is 17.6. The molecule has 0 fully saturated rings. The lowest BCUT2D eigenvalue weighted by atomic mass is 10.1. The highest BCUT2D eigenvalue weighted by atomic mass is 35.5. The standard InChI is InChI=1S/C20H19ClN4/c1-3-5-9-15(4-2)14-22-19-18-17(16-10-7-6-8-11-16)12-13-25(18)24-20(21)23-19/h3-13H,2,14H2,1H3,(H,22,23,24)/b5-3-,15-9+. The van der Waals surface area contributed by atoms with Crippen molar-refractivity contribution in [2.75, 3.05) is 11.9 Å². The van der Waals surface area contributed by atoms with Gasteiger partial charge in [-0.2, -0.15) is 4.98 Å². The molecule has 25 heavy (non-hydrogen) atoms. The first-order valence-corrected chi connectivity index (χ1v) is 8.39. The number of benzene rings is 1. The third kappa shape index (κ3) is 3.80. The minimum atomic E-state index is 0.197. The number of allylic oxidation sites excluding steroid dienone is 3. The third-order valence-electron chi connectivity index (χ3n) is 3.79. The highest BCUT2D eigenvalue weighted by Crippen LogP contribution is 2.30. The molecule has 126 valence electrons. The van der Waals surface area contributed by atoms with Gasteiger partial charge in [0.2, 0.25) is 5.28 Å². The molecular weight excluding hydrogens is 332 g/mol. The van der Waals surface area contributed by atoms with Crippen molar-refractivity contribution in [3.8, 4) is 11.1 Å². The van der Waals surface area contributed by atoms with Gasteiger partial charge in [-0.3, -0.25) is 0 Å². The van der Waals surface area contributed by atoms with E-state index in [-0.39, 0.29) is 5.28 Å². The number of nitrogens with one attached hydrogen (secondary N) is 1. The number of rotatable bonds is 6. The molecule has 0 saturated carbocycles. The van der Waals surface area contributed by atoms with Crippen molar-refractivity contribution in [3.05, 3.63) is 84.3 Å². The summed E-state index contributed by atoms with van der Waals surface area (Å²) in [5, 5.41) is 7.82. The minimum Gasteiger partial charge on any atom is -0.364 e. The zero-order valence-electron chi connectivity index (χ0n) is 14.0. The molecule has 0 spiro atoms. The normalized spacial score (nSPS) is 12.0. The van der Waals surface area contributed by atoms with E-state index in [1.54, 1.807) is 4.52 Å². The molecular formula is C20H19ClN4. The molecule has 1 aromatic carbocycles. The van der Waals surface area contributed by atoms with Crippen LogP contribution in [0.15, 0.2) is 79.1 Å². The number of aromatic nitrogens is 3. The summed E-state index contributed by atoms with van der Waals surface area (Å²) < 4.78 is 1.75. The minimum absolute atomic E-state index is 0.197. The summed E-state index contributed by atoms with van der Waals surface area (Å²) in [4.78, 5) is 4.39. The van der Waals surface area contributed by atoms with Crippen LogP contribution in [0.25, 0.3) is 16.6 Å². The Kier molecular flexibility index (Phi) is 5.31. The topological polar surface area (TPSA) is 42.2 Å². The summed E-state index contributed by atoms with van der Waals surface area (Å²) in [6.07, 6.45) is 9.68. The number of nitrogens with zero attached hydrogens (tertiary/aromatic N) is 3. The Bertz CT molecular complexity index is 939. The lowest BCUT2D eigenvalue weighted by Crippen LogP contribution is -2.08. The highest BCUT2D eigenvalue weighted by molar-refractivity contribution is 6.28. The van der Waals surface area contributed by atoms with Crippen molar-refractivity contribution in [1.29, 1.82) is 0 Å². The first-order valence-electron chi connectivity index (χ1n) is 8.01. The summed E-state index contributed by atoms with van der Waals surface area (Å²) in [7, 11) is 0. The quantitative estimate of drug-likeness (QED) is 0.625. The molecule has 0 aliphatic carbocycles. The smallest absolute Gasteiger partial charge is 0.243 e. The number of hydrogen-bond acceptors (Lipinski definition) is 3. The number of fused-ring (bicyclic) bond motifs is 1. The maximum absolute atomic E-state index is 6.08. The van der Waals surface area contributed by atoms with Crippen LogP contribution in [0.5, 0.6) is 0 Å². The summed E-state index contributed by atoms with van der Waals surface area (Å²) in [5.74, 6) is 0.692. The van der Waals surface area contributed by atoms with Crippen LogP contribution in [0, 0.1) is 0 Å². The van der Waals surface area contributed by atoms with Crippen LogP contribution >= 0.6 is 11.6 Å². The molecule has 4 nitrogen and oxygen atoms in total. The molecule has 0 radical (unpaired) electrons. The van der Waals surface area contributed by atoms with Gasteiger partial charge >= 0.3 is 0 Å². The molecule has 3 rings (SSSR count). The van der Waals surface area contributed by atoms with Gasteiger partial charge in [-0.05, 0) is 35.7 Å². The third-order valence-corrected chi connectivity index (χ3v) is 3.96. The van der Waals surface area contributed by atoms with Gasteiger partial charge in [-0.15, -0.1) is 5.10 Å². The molecule has 2 aromatic heterocycles. The Balaban J connectivity index is 2.02. The van der Waals surface area contributed by atoms with Crippen molar-refractivity contribution in [3.63, 3.8) is 0 Å². The number of hydrogen-bond donors (Lipinski definition) is 1. The van der Waals surface area contributed by atoms with E-state index < -0.39 is 0 Å². The van der Waals surface area contributed by atoms with Crippen LogP contribution in [0.2, 0.25) is 5.28 Å². The van der Waals surface area contributed by atoms with Gasteiger partial charge in [0.15, 0.2) is 5.82 Å². The molecule has 0 amide bonds. The average Bonchev–Trinajstić information content (AvgIpc) is 3.06. The fourth-order valence-corrected chi connectivity index (χ4v) is 2.74. The molecule has 0 saturated heterocycles. The van der Waals surface area contributed by atoms with Crippen molar-refractivity contribution in [2.45, 2.75) is 6.92 Å². The molecule has 2 heterocycles. The first kappa shape index (κ1) is 17.0. The van der Waals surface area contributed by atoms with Gasteiger partial charge in [-0.1, -0.05) is 61.2 Å². The largest absolute Gasteiger partial charge is 0.364 e. The zero-order valence-corrected chi connectivity index (χ0v) is 14.7. The molecule has 0 aliphatic heterocycles. The lowest BCUT2D eigenvalue weighted by molar-refractivity contribution is 0.904. The fourth-order valence-electron chi connectivity index (χ4n) is 2.58. The van der Waals surface area contributed by atoms with E-state index >= 15 is 0 Å². The van der Waals surface area contributed by atoms with Gasteiger partial charge < -0.3 is 5.32 Å². The molecule has 0 atom stereocenters. The second-order valence-electron chi connectivity index (χ2n) is 5.44. The van der Waals surface area contributed by atoms with Crippen LogP contribution < -0.4 is 5.32 Å². The number of anilines is 1. The summed E-state index contributed by atoms with van der Waals surface area (Å²) in [6, 6.07) is 12.2. The van der Waals surface area contributed by atoms with Gasteiger partial charge in [0.25, 0.3) is 0 Å². The van der Waals surface area contributed by atoms with E-state index in [1.165, 1.54) is 0 Å². The van der Waals surface area contributed by atoms with Crippen molar-refractivity contribution >= 4 is 22.9 Å². The van der Waals surface area contributed by atoms with E-state index in [2.05, 4.69) is 34.1 Å². The van der Waals surface area contributed by atoms with Crippen LogP contribution in [0.3, 0.4) is 0 Å². The molecule has 0 unspecified atom stereocenters. The van der Waals surface area contributed by atoms with Gasteiger partial charge in [-0.25, -0.2) is 4.52 Å². The summed E-state index contributed by atoms with van der Waals surface area (Å²) >= 11 is 6.08. The lowest BCUT2D eigenvalue weighted by Gasteiger charge is -2.10. The number of halogens is 1. The predicted octanol–water partition coefficient (Wildman–Crippen LogP) is 5.15. The molecule has 0 bridgehead atoms. The summed E-state index contributed by atoms with van der Waals surface area (Å²) in [6.45, 7) is 6.43. The first-order chi connectivity index (χ1) is 12.2. The second kappa shape index (κ2) is 7.81. The SMILES string of the molecule is C=C/C(=C\C=C/C)CNc1nc(Cl)nn2ccc(-c3ccccc3)c12. The maximum Gasteiger partial charge on any atom is 0.243 e. The predicted molar refractivity (Wildman–Crippen MR) is 105 cm³/mol. The monoisotopic (exact) mass is 350 g/mol. The van der Waals surface area contributed by atoms with E-state index in [4.69, 9.17) is 11.6 Å². The Morgan fingerprint density at radius 3 is 2.80 bits per heavy atom. The average molecular weight is 351 g/mol. The van der Waals surface area contributed by atoms with Crippen LogP contribution in [0.1, 0.15) is 6.92 Å². The Hall–Kier alpha value is -2.85. The van der Waals surface area contributed by atoms with Gasteiger partial charge in [0, 0.05) is 18.3 Å². The maximum atomic E-state index is 6.08. The highest BCUT2D eigenvalue weighted by Gasteiger charge is 2.13. The molecule has 3 aromatic rings. The van der Waals surface area contributed by atoms with E-state index in [1.807, 2.05) is 61.7 Å². The summed E-state index contributed by atoms with van der Waals surface area (Å²) in [5.41, 5.74) is 4.11. The molecule has 1 N–H and O–H groups in total. The van der Waals surface area contributed by atoms with Crippen molar-refractivity contribution < 1.29 is 0 Å². The Morgan fingerprint density at radius 1 is 1.28 bits per heavy atom. The van der Waals surface area contributed by atoms with E-state index in [0.29, 0.717) is 12.4 Å². The van der Waals surface area contributed by atoms with Crippen LogP contribution in [0.4, 0.5) is 5.82 Å². The molecule has 0 aliphatic rings. The van der Waals surface area contributed by atoms with Crippen molar-refractivity contribution in [1.82, 2.24) is 14.6 Å². The van der Waals surface area contributed by atoms with Crippen LogP contribution in [-0.4, -0.2) is 21.1 Å². The Labute approximate surface area is 152 Å². The Morgan fingerprint density at radius 2 is 2.08 bits per heavy atom. The fraction of sp³-hybridized carbons (Fsp3) is 0.100. The van der Waals surface area contributed by atoms with E-state index in [9.17, 15) is 0 Å². The van der Waals surface area contributed by atoms with Gasteiger partial charge in [0.05, 0.1) is 0 Å². The van der Waals surface area contributed by atoms with Crippen molar-refractivity contribution in [2.24, 2.45) is 0 Å². The second-order valence-corrected chi connectivity index (χ2v) is 5.78.